The van der Waals surface area contributed by atoms with Gasteiger partial charge in [-0.15, -0.1) is 0 Å². The lowest BCUT2D eigenvalue weighted by molar-refractivity contribution is -0.128. The van der Waals surface area contributed by atoms with Crippen molar-refractivity contribution in [3.63, 3.8) is 0 Å². The highest BCUT2D eigenvalue weighted by Gasteiger charge is 2.52. The van der Waals surface area contributed by atoms with Crippen molar-refractivity contribution >= 4 is 22.8 Å². The van der Waals surface area contributed by atoms with Crippen LogP contribution >= 0.6 is 0 Å². The van der Waals surface area contributed by atoms with E-state index in [9.17, 15) is 14.7 Å². The molecule has 0 spiro atoms. The number of methoxy groups -OCH3 is 1. The third-order valence-corrected chi connectivity index (χ3v) is 6.39. The van der Waals surface area contributed by atoms with Crippen LogP contribution in [0.25, 0.3) is 10.9 Å². The number of carbonyl (C=O) groups is 2. The molecular formula is C24H25N3O4. The van der Waals surface area contributed by atoms with Crippen LogP contribution in [0.15, 0.2) is 42.5 Å². The first-order chi connectivity index (χ1) is 15.0. The van der Waals surface area contributed by atoms with Gasteiger partial charge in [0.1, 0.15) is 12.1 Å². The Morgan fingerprint density at radius 3 is 2.77 bits per heavy atom. The number of phenolic OH excluding ortho intramolecular Hbond substituents is 1. The van der Waals surface area contributed by atoms with E-state index >= 15 is 0 Å². The number of imide groups is 1. The van der Waals surface area contributed by atoms with Gasteiger partial charge in [0.2, 0.25) is 0 Å². The molecule has 0 aliphatic carbocycles. The Bertz CT molecular complexity index is 1180. The zero-order valence-electron chi connectivity index (χ0n) is 17.6. The quantitative estimate of drug-likeness (QED) is 0.613. The summed E-state index contributed by atoms with van der Waals surface area (Å²) < 4.78 is 5.32. The van der Waals surface area contributed by atoms with Crippen LogP contribution in [-0.4, -0.2) is 51.5 Å². The van der Waals surface area contributed by atoms with Crippen LogP contribution in [0.3, 0.4) is 0 Å². The van der Waals surface area contributed by atoms with Crippen LogP contribution in [0.4, 0.5) is 4.79 Å². The second-order valence-electron chi connectivity index (χ2n) is 8.15. The fourth-order valence-corrected chi connectivity index (χ4v) is 4.86. The summed E-state index contributed by atoms with van der Waals surface area (Å²) >= 11 is 0. The minimum atomic E-state index is -0.541. The summed E-state index contributed by atoms with van der Waals surface area (Å²) in [6.07, 6.45) is 2.17. The number of rotatable bonds is 5. The lowest BCUT2D eigenvalue weighted by atomic mass is 9.88. The number of urea groups is 1. The second-order valence-corrected chi connectivity index (χ2v) is 8.15. The maximum Gasteiger partial charge on any atom is 0.328 e. The van der Waals surface area contributed by atoms with Gasteiger partial charge in [-0.05, 0) is 35.7 Å². The van der Waals surface area contributed by atoms with Gasteiger partial charge in [-0.1, -0.05) is 37.6 Å². The maximum atomic E-state index is 13.4. The normalized spacial score (nSPS) is 20.3. The molecule has 3 amide bonds. The fraction of sp³-hybridized carbons (Fsp3) is 0.333. The molecule has 1 saturated heterocycles. The van der Waals surface area contributed by atoms with Gasteiger partial charge in [0.25, 0.3) is 5.91 Å². The molecule has 2 N–H and O–H groups in total. The monoisotopic (exact) mass is 419 g/mol. The first-order valence-electron chi connectivity index (χ1n) is 10.6. The number of benzene rings is 2. The highest BCUT2D eigenvalue weighted by molar-refractivity contribution is 6.05. The molecule has 2 aliphatic rings. The van der Waals surface area contributed by atoms with Crippen molar-refractivity contribution < 1.29 is 19.4 Å². The molecule has 2 atom stereocenters. The molecule has 3 heterocycles. The number of H-pyrrole nitrogens is 1. The lowest BCUT2D eigenvalue weighted by Gasteiger charge is -2.36. The number of aromatic nitrogens is 1. The van der Waals surface area contributed by atoms with Gasteiger partial charge in [-0.25, -0.2) is 4.79 Å². The standard InChI is InChI=1S/C24H25N3O4/c1-3-4-11-26-23(29)18-13-16-15-7-5-6-8-17(15)25-21(16)22(27(18)24(26)30)14-9-10-19(28)20(12-14)31-2/h5-10,12,18,22,25,28H,3-4,11,13H2,1-2H3. The number of ether oxygens (including phenoxy) is 1. The average molecular weight is 419 g/mol. The van der Waals surface area contributed by atoms with E-state index in [0.717, 1.165) is 40.6 Å². The van der Waals surface area contributed by atoms with Gasteiger partial charge in [-0.3, -0.25) is 14.6 Å². The van der Waals surface area contributed by atoms with Gasteiger partial charge >= 0.3 is 6.03 Å². The lowest BCUT2D eigenvalue weighted by Crippen LogP contribution is -2.44. The third-order valence-electron chi connectivity index (χ3n) is 6.39. The molecule has 31 heavy (non-hydrogen) atoms. The summed E-state index contributed by atoms with van der Waals surface area (Å²) in [5.74, 6) is 0.229. The summed E-state index contributed by atoms with van der Waals surface area (Å²) in [7, 11) is 1.49. The van der Waals surface area contributed by atoms with E-state index in [-0.39, 0.29) is 17.7 Å². The van der Waals surface area contributed by atoms with Gasteiger partial charge in [0.15, 0.2) is 11.5 Å². The molecule has 3 aromatic rings. The summed E-state index contributed by atoms with van der Waals surface area (Å²) in [5.41, 5.74) is 3.73. The average Bonchev–Trinajstić information content (AvgIpc) is 3.27. The zero-order valence-corrected chi connectivity index (χ0v) is 17.6. The zero-order chi connectivity index (χ0) is 21.7. The van der Waals surface area contributed by atoms with E-state index in [0.29, 0.717) is 18.7 Å². The number of nitrogens with one attached hydrogen (secondary N) is 1. The van der Waals surface area contributed by atoms with Crippen molar-refractivity contribution in [2.45, 2.75) is 38.3 Å². The molecule has 5 rings (SSSR count). The fourth-order valence-electron chi connectivity index (χ4n) is 4.86. The summed E-state index contributed by atoms with van der Waals surface area (Å²) in [4.78, 5) is 33.3. The van der Waals surface area contributed by atoms with E-state index in [1.165, 1.54) is 12.0 Å². The molecular weight excluding hydrogens is 394 g/mol. The number of hydrogen-bond donors (Lipinski definition) is 2. The minimum Gasteiger partial charge on any atom is -0.504 e. The van der Waals surface area contributed by atoms with Crippen molar-refractivity contribution in [1.29, 1.82) is 0 Å². The smallest absolute Gasteiger partial charge is 0.328 e. The number of hydrogen-bond acceptors (Lipinski definition) is 4. The van der Waals surface area contributed by atoms with Crippen molar-refractivity contribution in [2.24, 2.45) is 0 Å². The molecule has 0 bridgehead atoms. The molecule has 7 heteroatoms. The number of nitrogens with zero attached hydrogens (tertiary/aromatic N) is 2. The predicted octanol–water partition coefficient (Wildman–Crippen LogP) is 3.96. The van der Waals surface area contributed by atoms with E-state index in [4.69, 9.17) is 4.74 Å². The van der Waals surface area contributed by atoms with E-state index in [1.807, 2.05) is 31.2 Å². The molecule has 1 aromatic heterocycles. The molecule has 2 unspecified atom stereocenters. The van der Waals surface area contributed by atoms with E-state index < -0.39 is 12.1 Å². The van der Waals surface area contributed by atoms with Gasteiger partial charge in [0, 0.05) is 29.6 Å². The topological polar surface area (TPSA) is 85.9 Å². The highest BCUT2D eigenvalue weighted by Crippen LogP contribution is 2.45. The van der Waals surface area contributed by atoms with Crippen LogP contribution < -0.4 is 4.74 Å². The SMILES string of the molecule is CCCCN1C(=O)C2Cc3c([nH]c4ccccc34)C(c3ccc(O)c(OC)c3)N2C1=O. The predicted molar refractivity (Wildman–Crippen MR) is 116 cm³/mol. The molecule has 2 aromatic carbocycles. The molecule has 0 saturated carbocycles. The summed E-state index contributed by atoms with van der Waals surface area (Å²) in [6, 6.07) is 11.8. The Balaban J connectivity index is 1.69. The summed E-state index contributed by atoms with van der Waals surface area (Å²) in [6.45, 7) is 2.47. The van der Waals surface area contributed by atoms with Gasteiger partial charge in [0.05, 0.1) is 7.11 Å². The number of phenols is 1. The molecule has 7 nitrogen and oxygen atoms in total. The first kappa shape index (κ1) is 19.5. The van der Waals surface area contributed by atoms with Gasteiger partial charge in [-0.2, -0.15) is 0 Å². The Morgan fingerprint density at radius 2 is 2.00 bits per heavy atom. The second kappa shape index (κ2) is 7.34. The Labute approximate surface area is 180 Å². The Morgan fingerprint density at radius 1 is 1.19 bits per heavy atom. The van der Waals surface area contributed by atoms with E-state index in [1.54, 1.807) is 23.1 Å². The largest absolute Gasteiger partial charge is 0.504 e. The Kier molecular flexibility index (Phi) is 4.61. The number of aromatic hydroxyl groups is 1. The maximum absolute atomic E-state index is 13.4. The molecule has 0 radical (unpaired) electrons. The molecule has 2 aliphatic heterocycles. The van der Waals surface area contributed by atoms with Crippen LogP contribution in [0.2, 0.25) is 0 Å². The number of amides is 3. The van der Waals surface area contributed by atoms with Crippen molar-refractivity contribution in [2.75, 3.05) is 13.7 Å². The number of fused-ring (bicyclic) bond motifs is 4. The first-order valence-corrected chi connectivity index (χ1v) is 10.6. The minimum absolute atomic E-state index is 0.0314. The third kappa shape index (κ3) is 2.87. The van der Waals surface area contributed by atoms with Crippen LogP contribution in [-0.2, 0) is 11.2 Å². The number of para-hydroxylation sites is 1. The van der Waals surface area contributed by atoms with Gasteiger partial charge < -0.3 is 14.8 Å². The number of aromatic amines is 1. The van der Waals surface area contributed by atoms with Crippen LogP contribution in [0.5, 0.6) is 11.5 Å². The number of carbonyl (C=O) groups excluding carboxylic acids is 2. The van der Waals surface area contributed by atoms with Crippen molar-refractivity contribution in [3.8, 4) is 11.5 Å². The Hall–Kier alpha value is -3.48. The van der Waals surface area contributed by atoms with E-state index in [2.05, 4.69) is 4.98 Å². The van der Waals surface area contributed by atoms with Crippen LogP contribution in [0, 0.1) is 0 Å². The van der Waals surface area contributed by atoms with Crippen LogP contribution in [0.1, 0.15) is 42.6 Å². The molecule has 1 fully saturated rings. The highest BCUT2D eigenvalue weighted by atomic mass is 16.5. The number of unbranched alkanes of at least 4 members (excludes halogenated alkanes) is 1. The van der Waals surface area contributed by atoms with Crippen molar-refractivity contribution in [3.05, 3.63) is 59.3 Å². The molecule has 160 valence electrons. The van der Waals surface area contributed by atoms with Crippen molar-refractivity contribution in [1.82, 2.24) is 14.8 Å². The summed E-state index contributed by atoms with van der Waals surface area (Å²) in [5, 5.41) is 11.2.